The lowest BCUT2D eigenvalue weighted by Crippen LogP contribution is -2.36. The third kappa shape index (κ3) is 2.86. The highest BCUT2D eigenvalue weighted by Gasteiger charge is 2.44. The summed E-state index contributed by atoms with van der Waals surface area (Å²) in [5.41, 5.74) is 8.10. The molecule has 0 aliphatic carbocycles. The van der Waals surface area contributed by atoms with E-state index in [1.807, 2.05) is 43.3 Å². The van der Waals surface area contributed by atoms with Gasteiger partial charge in [0.1, 0.15) is 0 Å². The summed E-state index contributed by atoms with van der Waals surface area (Å²) in [6.07, 6.45) is -0.0371. The lowest BCUT2D eigenvalue weighted by molar-refractivity contribution is -0.162. The molecule has 2 aromatic rings. The number of hydrogen-bond donors (Lipinski definition) is 1. The zero-order valence-corrected chi connectivity index (χ0v) is 12.2. The second kappa shape index (κ2) is 5.98. The zero-order chi connectivity index (χ0) is 14.7. The van der Waals surface area contributed by atoms with Crippen LogP contribution < -0.4 is 5.73 Å². The Balaban J connectivity index is 2.01. The fourth-order valence-electron chi connectivity index (χ4n) is 3.01. The molecule has 3 rings (SSSR count). The van der Waals surface area contributed by atoms with Crippen LogP contribution >= 0.6 is 0 Å². The molecule has 110 valence electrons. The van der Waals surface area contributed by atoms with E-state index < -0.39 is 5.79 Å². The molecule has 1 fully saturated rings. The SMILES string of the molecule is CC1(C(c2ccccc2)c2ccccc2)OCC(CN)O1. The van der Waals surface area contributed by atoms with Crippen molar-refractivity contribution in [1.29, 1.82) is 0 Å². The van der Waals surface area contributed by atoms with Gasteiger partial charge in [0.05, 0.1) is 18.6 Å². The van der Waals surface area contributed by atoms with E-state index in [1.54, 1.807) is 0 Å². The molecule has 0 aromatic heterocycles. The third-order valence-corrected chi connectivity index (χ3v) is 4.01. The number of ether oxygens (including phenoxy) is 2. The van der Waals surface area contributed by atoms with Gasteiger partial charge in [-0.1, -0.05) is 60.7 Å². The number of hydrogen-bond acceptors (Lipinski definition) is 3. The third-order valence-electron chi connectivity index (χ3n) is 4.01. The first-order valence-corrected chi connectivity index (χ1v) is 7.34. The minimum atomic E-state index is -0.688. The Labute approximate surface area is 125 Å². The van der Waals surface area contributed by atoms with Crippen molar-refractivity contribution in [3.05, 3.63) is 71.8 Å². The normalized spacial score (nSPS) is 25.4. The van der Waals surface area contributed by atoms with E-state index in [1.165, 1.54) is 11.1 Å². The molecule has 1 saturated heterocycles. The van der Waals surface area contributed by atoms with Crippen molar-refractivity contribution in [2.75, 3.05) is 13.2 Å². The van der Waals surface area contributed by atoms with Crippen LogP contribution in [0.3, 0.4) is 0 Å². The van der Waals surface area contributed by atoms with Crippen molar-refractivity contribution >= 4 is 0 Å². The van der Waals surface area contributed by atoms with E-state index in [0.29, 0.717) is 13.2 Å². The van der Waals surface area contributed by atoms with Gasteiger partial charge in [0.25, 0.3) is 0 Å². The van der Waals surface area contributed by atoms with Crippen LogP contribution in [0.25, 0.3) is 0 Å². The minimum absolute atomic E-state index is 0.0245. The van der Waals surface area contributed by atoms with Gasteiger partial charge >= 0.3 is 0 Å². The lowest BCUT2D eigenvalue weighted by atomic mass is 9.85. The molecule has 21 heavy (non-hydrogen) atoms. The van der Waals surface area contributed by atoms with E-state index >= 15 is 0 Å². The average molecular weight is 283 g/mol. The number of rotatable bonds is 4. The van der Waals surface area contributed by atoms with Crippen LogP contribution in [-0.4, -0.2) is 25.0 Å². The molecular weight excluding hydrogens is 262 g/mol. The fraction of sp³-hybridized carbons (Fsp3) is 0.333. The van der Waals surface area contributed by atoms with E-state index in [9.17, 15) is 0 Å². The van der Waals surface area contributed by atoms with Crippen molar-refractivity contribution in [1.82, 2.24) is 0 Å². The quantitative estimate of drug-likeness (QED) is 0.938. The largest absolute Gasteiger partial charge is 0.346 e. The van der Waals surface area contributed by atoms with Gasteiger partial charge in [-0.05, 0) is 18.1 Å². The van der Waals surface area contributed by atoms with Gasteiger partial charge in [-0.25, -0.2) is 0 Å². The molecule has 1 aliphatic heterocycles. The number of nitrogens with two attached hydrogens (primary N) is 1. The van der Waals surface area contributed by atoms with Crippen molar-refractivity contribution in [2.24, 2.45) is 5.73 Å². The van der Waals surface area contributed by atoms with Gasteiger partial charge in [0, 0.05) is 6.54 Å². The summed E-state index contributed by atoms with van der Waals surface area (Å²) in [5, 5.41) is 0. The molecule has 3 heteroatoms. The van der Waals surface area contributed by atoms with Crippen LogP contribution in [-0.2, 0) is 9.47 Å². The Morgan fingerprint density at radius 1 is 1.05 bits per heavy atom. The van der Waals surface area contributed by atoms with Crippen LogP contribution in [0, 0.1) is 0 Å². The van der Waals surface area contributed by atoms with Gasteiger partial charge in [-0.3, -0.25) is 0 Å². The molecule has 2 unspecified atom stereocenters. The van der Waals surface area contributed by atoms with Crippen LogP contribution in [0.1, 0.15) is 24.0 Å². The molecular formula is C18H21NO2. The lowest BCUT2D eigenvalue weighted by Gasteiger charge is -2.33. The molecule has 0 radical (unpaired) electrons. The first kappa shape index (κ1) is 14.3. The highest BCUT2D eigenvalue weighted by molar-refractivity contribution is 5.35. The van der Waals surface area contributed by atoms with Crippen molar-refractivity contribution < 1.29 is 9.47 Å². The maximum Gasteiger partial charge on any atom is 0.176 e. The van der Waals surface area contributed by atoms with Gasteiger partial charge in [0.15, 0.2) is 5.79 Å². The van der Waals surface area contributed by atoms with Crippen molar-refractivity contribution in [3.63, 3.8) is 0 Å². The number of benzene rings is 2. The smallest absolute Gasteiger partial charge is 0.176 e. The summed E-state index contributed by atoms with van der Waals surface area (Å²) >= 11 is 0. The zero-order valence-electron chi connectivity index (χ0n) is 12.2. The summed E-state index contributed by atoms with van der Waals surface area (Å²) in [4.78, 5) is 0. The molecule has 1 heterocycles. The summed E-state index contributed by atoms with van der Waals surface area (Å²) in [7, 11) is 0. The molecule has 1 aliphatic rings. The predicted molar refractivity (Wildman–Crippen MR) is 83.0 cm³/mol. The van der Waals surface area contributed by atoms with Crippen LogP contribution in [0.5, 0.6) is 0 Å². The average Bonchev–Trinajstić information content (AvgIpc) is 2.92. The molecule has 0 amide bonds. The maximum atomic E-state index is 6.12. The molecule has 2 aromatic carbocycles. The monoisotopic (exact) mass is 283 g/mol. The molecule has 0 saturated carbocycles. The van der Waals surface area contributed by atoms with Gasteiger partial charge in [0.2, 0.25) is 0 Å². The summed E-state index contributed by atoms with van der Waals surface area (Å²) in [6, 6.07) is 20.7. The summed E-state index contributed by atoms with van der Waals surface area (Å²) < 4.78 is 12.1. The Hall–Kier alpha value is -1.68. The summed E-state index contributed by atoms with van der Waals surface area (Å²) in [6.45, 7) is 3.03. The first-order chi connectivity index (χ1) is 10.2. The van der Waals surface area contributed by atoms with E-state index in [2.05, 4.69) is 24.3 Å². The Morgan fingerprint density at radius 2 is 1.57 bits per heavy atom. The van der Waals surface area contributed by atoms with Crippen molar-refractivity contribution in [3.8, 4) is 0 Å². The molecule has 2 atom stereocenters. The summed E-state index contributed by atoms with van der Waals surface area (Å²) in [5.74, 6) is -0.663. The minimum Gasteiger partial charge on any atom is -0.346 e. The highest BCUT2D eigenvalue weighted by atomic mass is 16.7. The van der Waals surface area contributed by atoms with Gasteiger partial charge in [-0.2, -0.15) is 0 Å². The van der Waals surface area contributed by atoms with Crippen LogP contribution in [0.4, 0.5) is 0 Å². The second-order valence-electron chi connectivity index (χ2n) is 5.56. The highest BCUT2D eigenvalue weighted by Crippen LogP contribution is 2.41. The van der Waals surface area contributed by atoms with Crippen LogP contribution in [0.2, 0.25) is 0 Å². The van der Waals surface area contributed by atoms with Crippen molar-refractivity contribution in [2.45, 2.75) is 24.7 Å². The van der Waals surface area contributed by atoms with Gasteiger partial charge < -0.3 is 15.2 Å². The molecule has 0 spiro atoms. The van der Waals surface area contributed by atoms with E-state index in [4.69, 9.17) is 15.2 Å². The molecule has 3 nitrogen and oxygen atoms in total. The molecule has 0 bridgehead atoms. The van der Waals surface area contributed by atoms with Gasteiger partial charge in [-0.15, -0.1) is 0 Å². The Kier molecular flexibility index (Phi) is 4.06. The van der Waals surface area contributed by atoms with Crippen LogP contribution in [0.15, 0.2) is 60.7 Å². The second-order valence-corrected chi connectivity index (χ2v) is 5.56. The standard InChI is InChI=1S/C18H21NO2/c1-18(20-13-16(12-19)21-18)17(14-8-4-2-5-9-14)15-10-6-3-7-11-15/h2-11,16-17H,12-13,19H2,1H3. The topological polar surface area (TPSA) is 44.5 Å². The maximum absolute atomic E-state index is 6.12. The van der Waals surface area contributed by atoms with E-state index in [-0.39, 0.29) is 12.0 Å². The predicted octanol–water partition coefficient (Wildman–Crippen LogP) is 2.91. The fourth-order valence-corrected chi connectivity index (χ4v) is 3.01. The first-order valence-electron chi connectivity index (χ1n) is 7.34. The Morgan fingerprint density at radius 3 is 2.00 bits per heavy atom. The molecule has 2 N–H and O–H groups in total. The van der Waals surface area contributed by atoms with E-state index in [0.717, 1.165) is 0 Å². The Bertz CT molecular complexity index is 533.